The number of nitrogens with zero attached hydrogens (tertiary/aromatic N) is 2. The van der Waals surface area contributed by atoms with Gasteiger partial charge in [0.15, 0.2) is 5.13 Å². The van der Waals surface area contributed by atoms with E-state index in [0.29, 0.717) is 16.3 Å². The summed E-state index contributed by atoms with van der Waals surface area (Å²) in [6.45, 7) is 5.27. The number of hydrogen-bond acceptors (Lipinski definition) is 6. The normalized spacial score (nSPS) is 12.1. The van der Waals surface area contributed by atoms with Gasteiger partial charge in [-0.25, -0.2) is 9.78 Å². The first-order chi connectivity index (χ1) is 13.0. The van der Waals surface area contributed by atoms with Crippen LogP contribution >= 0.6 is 11.3 Å². The van der Waals surface area contributed by atoms with E-state index in [-0.39, 0.29) is 5.69 Å². The number of hydrogen-bond donors (Lipinski definition) is 2. The van der Waals surface area contributed by atoms with Gasteiger partial charge in [-0.05, 0) is 45.0 Å². The zero-order valence-electron chi connectivity index (χ0n) is 15.2. The molecule has 2 aromatic heterocycles. The Labute approximate surface area is 162 Å². The zero-order chi connectivity index (χ0) is 20.5. The van der Waals surface area contributed by atoms with Crippen molar-refractivity contribution in [2.24, 2.45) is 0 Å². The van der Waals surface area contributed by atoms with E-state index in [0.717, 1.165) is 17.0 Å². The van der Waals surface area contributed by atoms with Gasteiger partial charge in [0, 0.05) is 11.9 Å². The number of aromatic nitrogens is 2. The average molecular weight is 410 g/mol. The number of thiazole rings is 1. The molecule has 1 amide bonds. The predicted molar refractivity (Wildman–Crippen MR) is 102 cm³/mol. The first-order valence-corrected chi connectivity index (χ1v) is 9.01. The van der Waals surface area contributed by atoms with Gasteiger partial charge < -0.3 is 10.1 Å². The Kier molecular flexibility index (Phi) is 5.16. The summed E-state index contributed by atoms with van der Waals surface area (Å²) in [5.74, 6) is 0. The van der Waals surface area contributed by atoms with Crippen LogP contribution in [-0.4, -0.2) is 21.7 Å². The highest BCUT2D eigenvalue weighted by Gasteiger charge is 2.31. The number of nitrogens with one attached hydrogen (secondary N) is 2. The van der Waals surface area contributed by atoms with Crippen LogP contribution in [0.5, 0.6) is 0 Å². The van der Waals surface area contributed by atoms with Gasteiger partial charge in [-0.3, -0.25) is 10.3 Å². The molecular weight excluding hydrogens is 393 g/mol. The van der Waals surface area contributed by atoms with Gasteiger partial charge in [0.25, 0.3) is 0 Å². The molecule has 6 nitrogen and oxygen atoms in total. The van der Waals surface area contributed by atoms with E-state index in [1.807, 2.05) is 0 Å². The fourth-order valence-electron chi connectivity index (χ4n) is 2.28. The van der Waals surface area contributed by atoms with E-state index >= 15 is 0 Å². The molecular formula is C18H17F3N4O2S. The lowest BCUT2D eigenvalue weighted by molar-refractivity contribution is -0.137. The molecule has 0 bridgehead atoms. The Bertz CT molecular complexity index is 1010. The summed E-state index contributed by atoms with van der Waals surface area (Å²) >= 11 is 1.23. The number of rotatable bonds is 3. The molecule has 3 aromatic rings. The molecule has 0 fully saturated rings. The minimum Gasteiger partial charge on any atom is -0.444 e. The Balaban J connectivity index is 1.77. The van der Waals surface area contributed by atoms with Crippen LogP contribution in [0, 0.1) is 0 Å². The quantitative estimate of drug-likeness (QED) is 0.571. The highest BCUT2D eigenvalue weighted by molar-refractivity contribution is 7.22. The van der Waals surface area contributed by atoms with Gasteiger partial charge in [-0.15, -0.1) is 0 Å². The highest BCUT2D eigenvalue weighted by atomic mass is 32.1. The first kappa shape index (κ1) is 19.9. The van der Waals surface area contributed by atoms with E-state index < -0.39 is 23.4 Å². The van der Waals surface area contributed by atoms with Crippen LogP contribution in [0.4, 0.5) is 34.5 Å². The largest absolute Gasteiger partial charge is 0.444 e. The molecule has 148 valence electrons. The van der Waals surface area contributed by atoms with Crippen molar-refractivity contribution < 1.29 is 22.7 Å². The van der Waals surface area contributed by atoms with Gasteiger partial charge in [0.05, 0.1) is 27.7 Å². The number of anilines is 3. The van der Waals surface area contributed by atoms with E-state index in [1.165, 1.54) is 17.5 Å². The third-order valence-corrected chi connectivity index (χ3v) is 4.28. The monoisotopic (exact) mass is 410 g/mol. The number of carbonyl (C=O) groups excluding carboxylic acids is 1. The van der Waals surface area contributed by atoms with Crippen LogP contribution in [0.15, 0.2) is 36.7 Å². The number of carbonyl (C=O) groups is 1. The van der Waals surface area contributed by atoms with Crippen molar-refractivity contribution in [3.63, 3.8) is 0 Å². The smallest absolute Gasteiger partial charge is 0.417 e. The topological polar surface area (TPSA) is 76.1 Å². The van der Waals surface area contributed by atoms with E-state index in [9.17, 15) is 18.0 Å². The van der Waals surface area contributed by atoms with Gasteiger partial charge >= 0.3 is 12.3 Å². The number of amides is 1. The SMILES string of the molecule is CC(C)(C)OC(=O)Nc1nc2ccc(Nc3cncc(C(F)(F)F)c3)cc2s1. The highest BCUT2D eigenvalue weighted by Crippen LogP contribution is 2.32. The van der Waals surface area contributed by atoms with Crippen LogP contribution in [0.25, 0.3) is 10.2 Å². The minimum atomic E-state index is -4.46. The fraction of sp³-hybridized carbons (Fsp3) is 0.278. The summed E-state index contributed by atoms with van der Waals surface area (Å²) in [6, 6.07) is 6.10. The summed E-state index contributed by atoms with van der Waals surface area (Å²) in [4.78, 5) is 19.8. The predicted octanol–water partition coefficient (Wildman–Crippen LogP) is 5.80. The molecule has 2 N–H and O–H groups in total. The summed E-state index contributed by atoms with van der Waals surface area (Å²) in [7, 11) is 0. The summed E-state index contributed by atoms with van der Waals surface area (Å²) < 4.78 is 44.3. The lowest BCUT2D eigenvalue weighted by Crippen LogP contribution is -2.27. The number of pyridine rings is 1. The van der Waals surface area contributed by atoms with Gasteiger partial charge in [0.2, 0.25) is 0 Å². The molecule has 0 aliphatic heterocycles. The lowest BCUT2D eigenvalue weighted by Gasteiger charge is -2.18. The van der Waals surface area contributed by atoms with Gasteiger partial charge in [-0.1, -0.05) is 11.3 Å². The second kappa shape index (κ2) is 7.27. The summed E-state index contributed by atoms with van der Waals surface area (Å²) in [6.07, 6.45) is -3.00. The van der Waals surface area contributed by atoms with Crippen molar-refractivity contribution in [3.05, 3.63) is 42.2 Å². The standard InChI is InChI=1S/C18H17F3N4O2S/c1-17(2,3)27-16(26)25-15-24-13-5-4-11(7-14(13)28-15)23-12-6-10(8-22-9-12)18(19,20)21/h4-9,23H,1-3H3,(H,24,25,26). The second-order valence-corrected chi connectivity index (χ2v) is 7.94. The number of fused-ring (bicyclic) bond motifs is 1. The molecule has 2 heterocycles. The Morgan fingerprint density at radius 1 is 1.11 bits per heavy atom. The molecule has 0 saturated heterocycles. The third-order valence-electron chi connectivity index (χ3n) is 3.35. The van der Waals surface area contributed by atoms with E-state index in [2.05, 4.69) is 20.6 Å². The Morgan fingerprint density at radius 3 is 2.54 bits per heavy atom. The molecule has 3 rings (SSSR count). The molecule has 0 spiro atoms. The minimum absolute atomic E-state index is 0.214. The number of benzene rings is 1. The van der Waals surface area contributed by atoms with Crippen LogP contribution in [0.2, 0.25) is 0 Å². The number of halogens is 3. The molecule has 0 atom stereocenters. The van der Waals surface area contributed by atoms with Crippen LogP contribution in [0.3, 0.4) is 0 Å². The maximum atomic E-state index is 12.8. The van der Waals surface area contributed by atoms with Crippen molar-refractivity contribution in [2.45, 2.75) is 32.5 Å². The van der Waals surface area contributed by atoms with Crippen LogP contribution < -0.4 is 10.6 Å². The van der Waals surface area contributed by atoms with Gasteiger partial charge in [0.1, 0.15) is 5.60 Å². The number of alkyl halides is 3. The summed E-state index contributed by atoms with van der Waals surface area (Å²) in [5, 5.41) is 5.83. The average Bonchev–Trinajstić information content (AvgIpc) is 2.93. The molecule has 10 heteroatoms. The lowest BCUT2D eigenvalue weighted by atomic mass is 10.2. The van der Waals surface area contributed by atoms with Crippen molar-refractivity contribution in [2.75, 3.05) is 10.6 Å². The molecule has 0 unspecified atom stereocenters. The Hall–Kier alpha value is -2.88. The summed E-state index contributed by atoms with van der Waals surface area (Å²) in [5.41, 5.74) is -0.0347. The molecule has 0 saturated carbocycles. The van der Waals surface area contributed by atoms with Crippen LogP contribution in [-0.2, 0) is 10.9 Å². The van der Waals surface area contributed by atoms with Crippen molar-refractivity contribution in [1.82, 2.24) is 9.97 Å². The van der Waals surface area contributed by atoms with Crippen molar-refractivity contribution in [3.8, 4) is 0 Å². The molecule has 1 aromatic carbocycles. The fourth-order valence-corrected chi connectivity index (χ4v) is 3.17. The van der Waals surface area contributed by atoms with Crippen molar-refractivity contribution in [1.29, 1.82) is 0 Å². The first-order valence-electron chi connectivity index (χ1n) is 8.19. The third kappa shape index (κ3) is 5.10. The van der Waals surface area contributed by atoms with E-state index in [1.54, 1.807) is 39.0 Å². The molecule has 0 aliphatic rings. The van der Waals surface area contributed by atoms with Crippen LogP contribution in [0.1, 0.15) is 26.3 Å². The maximum absolute atomic E-state index is 12.8. The van der Waals surface area contributed by atoms with Crippen molar-refractivity contribution >= 4 is 44.2 Å². The van der Waals surface area contributed by atoms with E-state index in [4.69, 9.17) is 4.74 Å². The molecule has 28 heavy (non-hydrogen) atoms. The Morgan fingerprint density at radius 2 is 1.86 bits per heavy atom. The number of ether oxygens (including phenoxy) is 1. The zero-order valence-corrected chi connectivity index (χ0v) is 16.0. The maximum Gasteiger partial charge on any atom is 0.417 e. The van der Waals surface area contributed by atoms with Gasteiger partial charge in [-0.2, -0.15) is 13.2 Å². The molecule has 0 aliphatic carbocycles. The molecule has 0 radical (unpaired) electrons. The second-order valence-electron chi connectivity index (χ2n) is 6.91.